The van der Waals surface area contributed by atoms with Crippen LogP contribution in [0.1, 0.15) is 18.4 Å². The number of aryl methyl sites for hydroxylation is 1. The minimum absolute atomic E-state index is 0.194. The maximum atomic E-state index is 12.0. The standard InChI is InChI=1S/C17H18N2O4/c1-11-4-6-14(23-11)7-9-17(21)19-15-10-13(18-12(2)20)5-8-16(15)22-3/h4-10H,1-3H3,(H,18,20)(H,19,21)/b9-7+. The van der Waals surface area contributed by atoms with E-state index in [1.807, 2.05) is 13.0 Å². The van der Waals surface area contributed by atoms with Crippen molar-refractivity contribution in [3.63, 3.8) is 0 Å². The van der Waals surface area contributed by atoms with Gasteiger partial charge in [0.05, 0.1) is 12.8 Å². The van der Waals surface area contributed by atoms with Crippen molar-refractivity contribution < 1.29 is 18.7 Å². The number of rotatable bonds is 5. The predicted molar refractivity (Wildman–Crippen MR) is 88.4 cm³/mol. The molecule has 0 aliphatic carbocycles. The normalized spacial score (nSPS) is 10.6. The molecule has 0 radical (unpaired) electrons. The van der Waals surface area contributed by atoms with Gasteiger partial charge in [-0.2, -0.15) is 0 Å². The van der Waals surface area contributed by atoms with Gasteiger partial charge in [0.2, 0.25) is 11.8 Å². The third-order valence-corrected chi connectivity index (χ3v) is 2.94. The lowest BCUT2D eigenvalue weighted by Gasteiger charge is -2.11. The summed E-state index contributed by atoms with van der Waals surface area (Å²) < 4.78 is 10.6. The lowest BCUT2D eigenvalue weighted by molar-refractivity contribution is -0.114. The smallest absolute Gasteiger partial charge is 0.248 e. The van der Waals surface area contributed by atoms with Crippen molar-refractivity contribution >= 4 is 29.3 Å². The Morgan fingerprint density at radius 3 is 2.57 bits per heavy atom. The van der Waals surface area contributed by atoms with E-state index < -0.39 is 0 Å². The van der Waals surface area contributed by atoms with Gasteiger partial charge in [0.15, 0.2) is 0 Å². The summed E-state index contributed by atoms with van der Waals surface area (Å²) in [6.07, 6.45) is 2.94. The Morgan fingerprint density at radius 1 is 1.17 bits per heavy atom. The Kier molecular flexibility index (Phi) is 5.19. The number of nitrogens with one attached hydrogen (secondary N) is 2. The van der Waals surface area contributed by atoms with Crippen molar-refractivity contribution in [1.29, 1.82) is 0 Å². The summed E-state index contributed by atoms with van der Waals surface area (Å²) in [4.78, 5) is 23.1. The fourth-order valence-corrected chi connectivity index (χ4v) is 1.96. The van der Waals surface area contributed by atoms with Gasteiger partial charge >= 0.3 is 0 Å². The van der Waals surface area contributed by atoms with Crippen LogP contribution in [0.5, 0.6) is 5.75 Å². The molecule has 0 aliphatic rings. The van der Waals surface area contributed by atoms with Crippen molar-refractivity contribution in [3.05, 3.63) is 47.9 Å². The average Bonchev–Trinajstić information content (AvgIpc) is 2.90. The highest BCUT2D eigenvalue weighted by molar-refractivity contribution is 6.03. The van der Waals surface area contributed by atoms with Crippen molar-refractivity contribution in [2.45, 2.75) is 13.8 Å². The lowest BCUT2D eigenvalue weighted by atomic mass is 10.2. The Bertz CT molecular complexity index is 747. The zero-order chi connectivity index (χ0) is 16.8. The van der Waals surface area contributed by atoms with Crippen LogP contribution in [0, 0.1) is 6.92 Å². The highest BCUT2D eigenvalue weighted by Gasteiger charge is 2.08. The molecule has 0 unspecified atom stereocenters. The number of anilines is 2. The van der Waals surface area contributed by atoms with Crippen molar-refractivity contribution in [1.82, 2.24) is 0 Å². The third-order valence-electron chi connectivity index (χ3n) is 2.94. The molecular formula is C17H18N2O4. The van der Waals surface area contributed by atoms with Gasteiger partial charge in [-0.15, -0.1) is 0 Å². The fourth-order valence-electron chi connectivity index (χ4n) is 1.96. The fraction of sp³-hybridized carbons (Fsp3) is 0.176. The Morgan fingerprint density at radius 2 is 1.96 bits per heavy atom. The van der Waals surface area contributed by atoms with Gasteiger partial charge in [-0.25, -0.2) is 0 Å². The first kappa shape index (κ1) is 16.4. The second-order valence-corrected chi connectivity index (χ2v) is 4.87. The van der Waals surface area contributed by atoms with Crippen LogP contribution in [0.25, 0.3) is 6.08 Å². The first-order chi connectivity index (χ1) is 11.0. The summed E-state index contributed by atoms with van der Waals surface area (Å²) in [6, 6.07) is 8.58. The molecule has 1 heterocycles. The highest BCUT2D eigenvalue weighted by atomic mass is 16.5. The van der Waals surface area contributed by atoms with Gasteiger partial charge < -0.3 is 19.8 Å². The maximum Gasteiger partial charge on any atom is 0.248 e. The van der Waals surface area contributed by atoms with Gasteiger partial charge in [-0.3, -0.25) is 9.59 Å². The van der Waals surface area contributed by atoms with E-state index in [0.717, 1.165) is 5.76 Å². The monoisotopic (exact) mass is 314 g/mol. The molecule has 0 aliphatic heterocycles. The molecule has 2 aromatic rings. The number of hydrogen-bond donors (Lipinski definition) is 2. The van der Waals surface area contributed by atoms with Gasteiger partial charge in [0, 0.05) is 18.7 Å². The summed E-state index contributed by atoms with van der Waals surface area (Å²) in [5.41, 5.74) is 1.03. The van der Waals surface area contributed by atoms with Crippen LogP contribution in [0.2, 0.25) is 0 Å². The average molecular weight is 314 g/mol. The number of methoxy groups -OCH3 is 1. The molecule has 0 fully saturated rings. The van der Waals surface area contributed by atoms with Crippen LogP contribution in [0.3, 0.4) is 0 Å². The predicted octanol–water partition coefficient (Wildman–Crippen LogP) is 3.21. The van der Waals surface area contributed by atoms with E-state index in [2.05, 4.69) is 10.6 Å². The van der Waals surface area contributed by atoms with E-state index in [0.29, 0.717) is 22.9 Å². The molecule has 0 saturated heterocycles. The third kappa shape index (κ3) is 4.74. The van der Waals surface area contributed by atoms with Crippen LogP contribution in [0.4, 0.5) is 11.4 Å². The summed E-state index contributed by atoms with van der Waals surface area (Å²) in [5.74, 6) is 1.33. The summed E-state index contributed by atoms with van der Waals surface area (Å²) >= 11 is 0. The minimum Gasteiger partial charge on any atom is -0.495 e. The molecule has 6 heteroatoms. The zero-order valence-corrected chi connectivity index (χ0v) is 13.2. The van der Waals surface area contributed by atoms with Crippen LogP contribution in [-0.4, -0.2) is 18.9 Å². The molecule has 0 saturated carbocycles. The van der Waals surface area contributed by atoms with Crippen molar-refractivity contribution in [2.75, 3.05) is 17.7 Å². The van der Waals surface area contributed by atoms with Gasteiger partial charge in [-0.05, 0) is 43.3 Å². The SMILES string of the molecule is COc1ccc(NC(C)=O)cc1NC(=O)/C=C/c1ccc(C)o1. The first-order valence-corrected chi connectivity index (χ1v) is 6.99. The molecular weight excluding hydrogens is 296 g/mol. The quantitative estimate of drug-likeness (QED) is 0.830. The van der Waals surface area contributed by atoms with E-state index in [1.165, 1.54) is 20.1 Å². The molecule has 1 aromatic carbocycles. The molecule has 2 amide bonds. The zero-order valence-electron chi connectivity index (χ0n) is 13.2. The van der Waals surface area contributed by atoms with Gasteiger partial charge in [0.1, 0.15) is 17.3 Å². The lowest BCUT2D eigenvalue weighted by Crippen LogP contribution is -2.10. The second-order valence-electron chi connectivity index (χ2n) is 4.87. The molecule has 0 spiro atoms. The maximum absolute atomic E-state index is 12.0. The Hall–Kier alpha value is -3.02. The second kappa shape index (κ2) is 7.31. The molecule has 2 rings (SSSR count). The summed E-state index contributed by atoms with van der Waals surface area (Å²) in [7, 11) is 1.50. The summed E-state index contributed by atoms with van der Waals surface area (Å²) in [6.45, 7) is 3.24. The minimum atomic E-state index is -0.336. The molecule has 0 bridgehead atoms. The number of carbonyl (C=O) groups excluding carboxylic acids is 2. The molecule has 23 heavy (non-hydrogen) atoms. The first-order valence-electron chi connectivity index (χ1n) is 6.99. The molecule has 0 atom stereocenters. The van der Waals surface area contributed by atoms with Crippen LogP contribution < -0.4 is 15.4 Å². The van der Waals surface area contributed by atoms with Crippen LogP contribution in [0.15, 0.2) is 40.8 Å². The number of ether oxygens (including phenoxy) is 1. The molecule has 120 valence electrons. The molecule has 2 N–H and O–H groups in total. The van der Waals surface area contributed by atoms with E-state index in [4.69, 9.17) is 9.15 Å². The highest BCUT2D eigenvalue weighted by Crippen LogP contribution is 2.27. The van der Waals surface area contributed by atoms with E-state index in [-0.39, 0.29) is 11.8 Å². The van der Waals surface area contributed by atoms with Gasteiger partial charge in [0.25, 0.3) is 0 Å². The topological polar surface area (TPSA) is 80.6 Å². The molecule has 1 aromatic heterocycles. The van der Waals surface area contributed by atoms with Gasteiger partial charge in [-0.1, -0.05) is 0 Å². The Labute approximate surface area is 134 Å². The van der Waals surface area contributed by atoms with Crippen molar-refractivity contribution in [3.8, 4) is 5.75 Å². The number of hydrogen-bond acceptors (Lipinski definition) is 4. The number of benzene rings is 1. The van der Waals surface area contributed by atoms with Crippen LogP contribution in [-0.2, 0) is 9.59 Å². The van der Waals surface area contributed by atoms with E-state index >= 15 is 0 Å². The van der Waals surface area contributed by atoms with Crippen molar-refractivity contribution in [2.24, 2.45) is 0 Å². The number of furan rings is 1. The molecule has 6 nitrogen and oxygen atoms in total. The number of amides is 2. The van der Waals surface area contributed by atoms with E-state index in [1.54, 1.807) is 30.3 Å². The largest absolute Gasteiger partial charge is 0.495 e. The van der Waals surface area contributed by atoms with E-state index in [9.17, 15) is 9.59 Å². The van der Waals surface area contributed by atoms with Crippen LogP contribution >= 0.6 is 0 Å². The number of carbonyl (C=O) groups is 2. The Balaban J connectivity index is 2.12. The summed E-state index contributed by atoms with van der Waals surface area (Å²) in [5, 5.41) is 5.36.